The molecule has 1 fully saturated rings. The van der Waals surface area contributed by atoms with Gasteiger partial charge in [-0.2, -0.15) is 9.36 Å². The third kappa shape index (κ3) is 26.5. The van der Waals surface area contributed by atoms with Crippen LogP contribution in [0.2, 0.25) is 0 Å². The van der Waals surface area contributed by atoms with E-state index in [9.17, 15) is 30.3 Å². The highest BCUT2D eigenvalue weighted by Gasteiger charge is 2.44. The molecule has 12 nitrogen and oxygen atoms in total. The van der Waals surface area contributed by atoms with E-state index in [1.807, 2.05) is 0 Å². The molecule has 0 bridgehead atoms. The Bertz CT molecular complexity index is 1270. The van der Waals surface area contributed by atoms with E-state index in [4.69, 9.17) is 9.47 Å². The maximum Gasteiger partial charge on any atom is 0.364 e. The molecule has 5 N–H and O–H groups in total. The second kappa shape index (κ2) is 37.9. The average Bonchev–Trinajstić information content (AvgIpc) is 3.64. The van der Waals surface area contributed by atoms with Crippen LogP contribution in [0.25, 0.3) is 0 Å². The zero-order valence-corrected chi connectivity index (χ0v) is 42.6. The number of hydrogen-bond donors (Lipinski definition) is 5. The van der Waals surface area contributed by atoms with Gasteiger partial charge in [-0.25, -0.2) is 14.8 Å². The lowest BCUT2D eigenvalue weighted by molar-refractivity contribution is -0.304. The fourth-order valence-corrected chi connectivity index (χ4v) is 11.4. The number of aliphatic hydroxyl groups is 5. The van der Waals surface area contributed by atoms with Gasteiger partial charge in [0.2, 0.25) is 0 Å². The molecule has 0 radical (unpaired) electrons. The molecule has 1 saturated heterocycles. The first-order chi connectivity index (χ1) is 31.1. The summed E-state index contributed by atoms with van der Waals surface area (Å²) < 4.78 is 13.9. The standard InChI is InChI=1S/C51H102N4O8S/c1-5-7-9-11-13-15-17-19-20-22-24-26-28-32-36-40-64(3,4)41-37-33-29-31-35-39-54-51(61)55(53-52-54)44(43-62-50-49(60)48(59)47(58)46(42-56)63-50)45(57)38-34-30-27-25-23-21-18-16-14-12-10-8-6-2/h44-50,56-60H,5-43H2,1-4H3/t44-,45+,46?,47?,48?,49?,50?/m0/s1. The van der Waals surface area contributed by atoms with Crippen LogP contribution in [0.15, 0.2) is 4.79 Å². The van der Waals surface area contributed by atoms with Gasteiger partial charge >= 0.3 is 5.69 Å². The minimum absolute atomic E-state index is 0.251. The molecule has 0 amide bonds. The number of nitrogens with zero attached hydrogens (tertiary/aromatic N) is 4. The number of ether oxygens (including phenoxy) is 2. The molecule has 0 spiro atoms. The van der Waals surface area contributed by atoms with Crippen LogP contribution in [0.5, 0.6) is 0 Å². The van der Waals surface area contributed by atoms with E-state index in [1.165, 1.54) is 194 Å². The van der Waals surface area contributed by atoms with Crippen LogP contribution in [0.3, 0.4) is 0 Å². The summed E-state index contributed by atoms with van der Waals surface area (Å²) in [6.45, 7) is 4.14. The first-order valence-corrected chi connectivity index (χ1v) is 29.7. The molecule has 13 heteroatoms. The fourth-order valence-electron chi connectivity index (χ4n) is 9.19. The van der Waals surface area contributed by atoms with Gasteiger partial charge in [-0.1, -0.05) is 206 Å². The summed E-state index contributed by atoms with van der Waals surface area (Å²) in [4.78, 5) is 13.6. The van der Waals surface area contributed by atoms with Gasteiger partial charge in [-0.15, -0.1) is 0 Å². The molecule has 2 rings (SSSR count). The van der Waals surface area contributed by atoms with Crippen LogP contribution in [-0.4, -0.2) is 119 Å². The molecule has 1 aliphatic heterocycles. The molecular formula is C51H102N4O8S. The van der Waals surface area contributed by atoms with Crippen molar-refractivity contribution in [1.82, 2.24) is 19.8 Å². The molecule has 5 unspecified atom stereocenters. The predicted octanol–water partition coefficient (Wildman–Crippen LogP) is 10.5. The van der Waals surface area contributed by atoms with E-state index in [-0.39, 0.29) is 6.61 Å². The number of aryl methyl sites for hydroxylation is 1. The maximum atomic E-state index is 13.6. The molecule has 2 heterocycles. The van der Waals surface area contributed by atoms with Gasteiger partial charge in [0, 0.05) is 6.54 Å². The molecular weight excluding hydrogens is 829 g/mol. The summed E-state index contributed by atoms with van der Waals surface area (Å²) in [5.41, 5.74) is -0.434. The fraction of sp³-hybridized carbons (Fsp3) is 0.980. The highest BCUT2D eigenvalue weighted by atomic mass is 32.3. The lowest BCUT2D eigenvalue weighted by atomic mass is 9.99. The molecule has 380 valence electrons. The maximum absolute atomic E-state index is 13.6. The first kappa shape index (κ1) is 59.1. The van der Waals surface area contributed by atoms with Crippen molar-refractivity contribution in [2.45, 2.75) is 282 Å². The molecule has 0 aromatic carbocycles. The van der Waals surface area contributed by atoms with Crippen LogP contribution in [0.4, 0.5) is 0 Å². The third-order valence-corrected chi connectivity index (χ3v) is 16.5. The van der Waals surface area contributed by atoms with Crippen molar-refractivity contribution >= 4 is 10.0 Å². The highest BCUT2D eigenvalue weighted by Crippen LogP contribution is 2.42. The summed E-state index contributed by atoms with van der Waals surface area (Å²) in [5.74, 6) is 2.71. The van der Waals surface area contributed by atoms with Gasteiger partial charge in [0.1, 0.15) is 30.5 Å². The van der Waals surface area contributed by atoms with Gasteiger partial charge in [0.15, 0.2) is 6.29 Å². The normalized spacial score (nSPS) is 20.5. The van der Waals surface area contributed by atoms with Crippen molar-refractivity contribution in [1.29, 1.82) is 0 Å². The van der Waals surface area contributed by atoms with Crippen molar-refractivity contribution in [2.24, 2.45) is 0 Å². The van der Waals surface area contributed by atoms with E-state index in [0.29, 0.717) is 13.0 Å². The van der Waals surface area contributed by atoms with Gasteiger partial charge in [-0.3, -0.25) is 0 Å². The van der Waals surface area contributed by atoms with Crippen molar-refractivity contribution < 1.29 is 35.0 Å². The third-order valence-electron chi connectivity index (χ3n) is 13.7. The summed E-state index contributed by atoms with van der Waals surface area (Å²) in [7, 11) is -0.549. The molecule has 1 aromatic heterocycles. The van der Waals surface area contributed by atoms with Gasteiger partial charge < -0.3 is 35.0 Å². The Kier molecular flexibility index (Phi) is 34.9. The summed E-state index contributed by atoms with van der Waals surface area (Å²) in [5, 5.41) is 60.4. The SMILES string of the molecule is CCCCCCCCCCCCCCCCCS(C)(C)CCCCCCCn1nnn([C@@H](COC2OC(CO)C(O)C(O)C2O)[C@H](O)CCCCCCCCCCCCCCC)c1=O. The van der Waals surface area contributed by atoms with Crippen LogP contribution >= 0.6 is 10.0 Å². The lowest BCUT2D eigenvalue weighted by Gasteiger charge is -2.40. The van der Waals surface area contributed by atoms with E-state index >= 15 is 0 Å². The second-order valence-corrected chi connectivity index (χ2v) is 24.4. The van der Waals surface area contributed by atoms with E-state index in [0.717, 1.165) is 38.5 Å². The summed E-state index contributed by atoms with van der Waals surface area (Å²) in [6, 6.07) is -0.911. The molecule has 1 aromatic rings. The number of hydrogen-bond acceptors (Lipinski definition) is 10. The number of unbranched alkanes of at least 4 members (excludes halogenated alkanes) is 30. The molecule has 1 aliphatic rings. The number of aliphatic hydroxyl groups excluding tert-OH is 5. The number of rotatable bonds is 44. The predicted molar refractivity (Wildman–Crippen MR) is 267 cm³/mol. The smallest absolute Gasteiger partial charge is 0.364 e. The number of aromatic nitrogens is 4. The Balaban J connectivity index is 1.70. The summed E-state index contributed by atoms with van der Waals surface area (Å²) >= 11 is 0. The van der Waals surface area contributed by atoms with Crippen molar-refractivity contribution in [3.05, 3.63) is 10.5 Å². The van der Waals surface area contributed by atoms with Crippen LogP contribution < -0.4 is 5.69 Å². The Hall–Kier alpha value is -1.06. The van der Waals surface area contributed by atoms with Crippen molar-refractivity contribution in [3.8, 4) is 0 Å². The Morgan fingerprint density at radius 2 is 0.984 bits per heavy atom. The first-order valence-electron chi connectivity index (χ1n) is 26.9. The van der Waals surface area contributed by atoms with Gasteiger partial charge in [0.25, 0.3) is 0 Å². The Morgan fingerprint density at radius 1 is 0.578 bits per heavy atom. The average molecular weight is 931 g/mol. The Labute approximate surface area is 392 Å². The van der Waals surface area contributed by atoms with E-state index in [1.54, 1.807) is 0 Å². The minimum atomic E-state index is -1.59. The Morgan fingerprint density at radius 3 is 1.42 bits per heavy atom. The zero-order valence-electron chi connectivity index (χ0n) is 41.8. The highest BCUT2D eigenvalue weighted by molar-refractivity contribution is 8.32. The monoisotopic (exact) mass is 931 g/mol. The van der Waals surface area contributed by atoms with Crippen molar-refractivity contribution in [2.75, 3.05) is 37.2 Å². The number of tetrazole rings is 1. The molecule has 64 heavy (non-hydrogen) atoms. The lowest BCUT2D eigenvalue weighted by Crippen LogP contribution is -2.59. The minimum Gasteiger partial charge on any atom is -0.394 e. The van der Waals surface area contributed by atoms with Gasteiger partial charge in [-0.05, 0) is 60.1 Å². The van der Waals surface area contributed by atoms with Crippen LogP contribution in [0.1, 0.15) is 238 Å². The van der Waals surface area contributed by atoms with Crippen molar-refractivity contribution in [3.63, 3.8) is 0 Å². The van der Waals surface area contributed by atoms with Crippen LogP contribution in [0, 0.1) is 0 Å². The topological polar surface area (TPSA) is 172 Å². The van der Waals surface area contributed by atoms with Crippen LogP contribution in [-0.2, 0) is 16.0 Å². The zero-order chi connectivity index (χ0) is 46.7. The molecule has 0 aliphatic carbocycles. The van der Waals surface area contributed by atoms with Gasteiger partial charge in [0.05, 0.1) is 19.3 Å². The summed E-state index contributed by atoms with van der Waals surface area (Å²) in [6.07, 6.45) is 39.5. The molecule has 0 saturated carbocycles. The largest absolute Gasteiger partial charge is 0.394 e. The quantitative estimate of drug-likeness (QED) is 0.0397. The van der Waals surface area contributed by atoms with E-state index in [2.05, 4.69) is 36.8 Å². The second-order valence-electron chi connectivity index (χ2n) is 20.0. The molecule has 7 atom stereocenters. The van der Waals surface area contributed by atoms with E-state index < -0.39 is 65.2 Å².